The van der Waals surface area contributed by atoms with E-state index >= 15 is 0 Å². The minimum absolute atomic E-state index is 0.136. The summed E-state index contributed by atoms with van der Waals surface area (Å²) in [7, 11) is 0. The lowest BCUT2D eigenvalue weighted by Gasteiger charge is -2.17. The van der Waals surface area contributed by atoms with Crippen LogP contribution in [0.5, 0.6) is 0 Å². The number of hydrogen-bond acceptors (Lipinski definition) is 3. The van der Waals surface area contributed by atoms with Crippen LogP contribution in [0.15, 0.2) is 64.5 Å². The molecule has 1 aliphatic rings. The van der Waals surface area contributed by atoms with Crippen molar-refractivity contribution in [3.63, 3.8) is 0 Å². The number of halogens is 1. The molecule has 1 fully saturated rings. The van der Waals surface area contributed by atoms with Gasteiger partial charge in [-0.1, -0.05) is 78.0 Å². The van der Waals surface area contributed by atoms with E-state index in [0.717, 1.165) is 22.4 Å². The number of allylic oxidation sites excluding steroid dienone is 2. The second-order valence-electron chi connectivity index (χ2n) is 5.75. The van der Waals surface area contributed by atoms with Crippen LogP contribution in [0.1, 0.15) is 16.7 Å². The van der Waals surface area contributed by atoms with Gasteiger partial charge in [0.15, 0.2) is 4.32 Å². The Morgan fingerprint density at radius 3 is 2.60 bits per heavy atom. The van der Waals surface area contributed by atoms with Crippen LogP contribution < -0.4 is 4.90 Å². The van der Waals surface area contributed by atoms with Gasteiger partial charge in [0, 0.05) is 5.03 Å². The number of carbonyl (C=O) groups is 1. The molecule has 0 atom stereocenters. The molecule has 25 heavy (non-hydrogen) atoms. The standard InChI is InChI=1S/C20H16ClNOS2/c1-13-8-9-14(2)17(10-13)22-19(23)18(25-20(22)24)12-16(21)11-15-6-4-3-5-7-15/h3-12H,1-2H3/b16-11-,18-12-. The summed E-state index contributed by atoms with van der Waals surface area (Å²) in [6.07, 6.45) is 3.50. The Labute approximate surface area is 162 Å². The molecule has 0 aliphatic carbocycles. The molecule has 0 spiro atoms. The smallest absolute Gasteiger partial charge is 0.268 e. The highest BCUT2D eigenvalue weighted by Crippen LogP contribution is 2.37. The van der Waals surface area contributed by atoms with Crippen LogP contribution in [0.2, 0.25) is 0 Å². The zero-order valence-corrected chi connectivity index (χ0v) is 16.2. The first-order valence-electron chi connectivity index (χ1n) is 7.73. The molecular weight excluding hydrogens is 370 g/mol. The first kappa shape index (κ1) is 17.9. The van der Waals surface area contributed by atoms with Crippen LogP contribution in [0, 0.1) is 13.8 Å². The van der Waals surface area contributed by atoms with E-state index in [4.69, 9.17) is 23.8 Å². The molecule has 1 heterocycles. The van der Waals surface area contributed by atoms with Crippen molar-refractivity contribution in [1.82, 2.24) is 0 Å². The fraction of sp³-hybridized carbons (Fsp3) is 0.100. The second kappa shape index (κ2) is 7.56. The molecule has 0 radical (unpaired) electrons. The van der Waals surface area contributed by atoms with Crippen molar-refractivity contribution in [2.45, 2.75) is 13.8 Å². The predicted octanol–water partition coefficient (Wildman–Crippen LogP) is 5.83. The van der Waals surface area contributed by atoms with Gasteiger partial charge in [0.1, 0.15) is 0 Å². The lowest BCUT2D eigenvalue weighted by Crippen LogP contribution is -2.28. The molecule has 0 saturated carbocycles. The Balaban J connectivity index is 1.91. The maximum absolute atomic E-state index is 12.8. The van der Waals surface area contributed by atoms with E-state index in [2.05, 4.69) is 0 Å². The minimum atomic E-state index is -0.136. The highest BCUT2D eigenvalue weighted by atomic mass is 35.5. The Morgan fingerprint density at radius 2 is 1.88 bits per heavy atom. The van der Waals surface area contributed by atoms with E-state index in [9.17, 15) is 4.79 Å². The number of benzene rings is 2. The molecule has 1 aliphatic heterocycles. The van der Waals surface area contributed by atoms with Crippen molar-refractivity contribution in [3.05, 3.63) is 81.2 Å². The van der Waals surface area contributed by atoms with Crippen molar-refractivity contribution in [2.24, 2.45) is 0 Å². The van der Waals surface area contributed by atoms with Crippen molar-refractivity contribution < 1.29 is 4.79 Å². The molecule has 1 amide bonds. The average Bonchev–Trinajstić information content (AvgIpc) is 2.84. The Morgan fingerprint density at radius 1 is 1.16 bits per heavy atom. The van der Waals surface area contributed by atoms with Gasteiger partial charge in [0.25, 0.3) is 5.91 Å². The third-order valence-corrected chi connectivity index (χ3v) is 5.29. The Bertz CT molecular complexity index is 903. The molecule has 2 nitrogen and oxygen atoms in total. The molecule has 2 aromatic carbocycles. The number of carbonyl (C=O) groups excluding carboxylic acids is 1. The molecule has 0 aromatic heterocycles. The second-order valence-corrected chi connectivity index (χ2v) is 7.86. The lowest BCUT2D eigenvalue weighted by molar-refractivity contribution is -0.113. The minimum Gasteiger partial charge on any atom is -0.268 e. The number of aryl methyl sites for hydroxylation is 2. The van der Waals surface area contributed by atoms with E-state index in [1.54, 1.807) is 11.0 Å². The summed E-state index contributed by atoms with van der Waals surface area (Å²) in [6, 6.07) is 15.7. The monoisotopic (exact) mass is 385 g/mol. The number of nitrogens with zero attached hydrogens (tertiary/aromatic N) is 1. The normalized spacial score (nSPS) is 16.8. The number of amides is 1. The summed E-state index contributed by atoms with van der Waals surface area (Å²) < 4.78 is 0.522. The van der Waals surface area contributed by atoms with Gasteiger partial charge in [-0.3, -0.25) is 9.69 Å². The van der Waals surface area contributed by atoms with Gasteiger partial charge >= 0.3 is 0 Å². The summed E-state index contributed by atoms with van der Waals surface area (Å²) >= 11 is 13.0. The third-order valence-electron chi connectivity index (χ3n) is 3.77. The van der Waals surface area contributed by atoms with E-state index in [1.807, 2.05) is 68.5 Å². The molecule has 2 aromatic rings. The van der Waals surface area contributed by atoms with Gasteiger partial charge in [0.2, 0.25) is 0 Å². The van der Waals surface area contributed by atoms with E-state index in [-0.39, 0.29) is 5.91 Å². The molecule has 1 saturated heterocycles. The first-order chi connectivity index (χ1) is 12.0. The topological polar surface area (TPSA) is 20.3 Å². The van der Waals surface area contributed by atoms with Crippen LogP contribution in [0.4, 0.5) is 5.69 Å². The van der Waals surface area contributed by atoms with Gasteiger partial charge < -0.3 is 0 Å². The zero-order valence-electron chi connectivity index (χ0n) is 13.8. The van der Waals surface area contributed by atoms with Gasteiger partial charge in [-0.15, -0.1) is 0 Å². The maximum atomic E-state index is 12.8. The summed E-state index contributed by atoms with van der Waals surface area (Å²) in [4.78, 5) is 14.9. The fourth-order valence-electron chi connectivity index (χ4n) is 2.51. The molecule has 3 rings (SSSR count). The highest BCUT2D eigenvalue weighted by molar-refractivity contribution is 8.27. The number of rotatable bonds is 3. The molecule has 126 valence electrons. The van der Waals surface area contributed by atoms with E-state index in [1.165, 1.54) is 11.8 Å². The summed E-state index contributed by atoms with van der Waals surface area (Å²) in [5, 5.41) is 0.493. The predicted molar refractivity (Wildman–Crippen MR) is 112 cm³/mol. The van der Waals surface area contributed by atoms with E-state index < -0.39 is 0 Å². The van der Waals surface area contributed by atoms with Crippen molar-refractivity contribution in [1.29, 1.82) is 0 Å². The van der Waals surface area contributed by atoms with Crippen LogP contribution in [-0.2, 0) is 4.79 Å². The molecule has 0 unspecified atom stereocenters. The maximum Gasteiger partial charge on any atom is 0.270 e. The summed E-state index contributed by atoms with van der Waals surface area (Å²) in [5.41, 5.74) is 3.90. The third kappa shape index (κ3) is 4.03. The van der Waals surface area contributed by atoms with Crippen molar-refractivity contribution >= 4 is 57.6 Å². The lowest BCUT2D eigenvalue weighted by atomic mass is 10.1. The average molecular weight is 386 g/mol. The van der Waals surface area contributed by atoms with Crippen LogP contribution >= 0.6 is 35.6 Å². The summed E-state index contributed by atoms with van der Waals surface area (Å²) in [6.45, 7) is 3.97. The van der Waals surface area contributed by atoms with E-state index in [0.29, 0.717) is 14.3 Å². The first-order valence-corrected chi connectivity index (χ1v) is 9.33. The quantitative estimate of drug-likeness (QED) is 0.489. The Kier molecular flexibility index (Phi) is 5.42. The molecule has 5 heteroatoms. The van der Waals surface area contributed by atoms with Crippen molar-refractivity contribution in [3.8, 4) is 0 Å². The molecule has 0 N–H and O–H groups in total. The van der Waals surface area contributed by atoms with Crippen LogP contribution in [0.25, 0.3) is 6.08 Å². The van der Waals surface area contributed by atoms with Crippen LogP contribution in [-0.4, -0.2) is 10.2 Å². The molecule has 0 bridgehead atoms. The van der Waals surface area contributed by atoms with Gasteiger partial charge in [-0.05, 0) is 48.8 Å². The largest absolute Gasteiger partial charge is 0.270 e. The SMILES string of the molecule is Cc1ccc(C)c(N2C(=O)/C(=C/C(Cl)=C/c3ccccc3)SC2=S)c1. The number of anilines is 1. The fourth-order valence-corrected chi connectivity index (χ4v) is 4.09. The van der Waals surface area contributed by atoms with Gasteiger partial charge in [-0.25, -0.2) is 0 Å². The Hall–Kier alpha value is -1.88. The zero-order chi connectivity index (χ0) is 18.0. The summed E-state index contributed by atoms with van der Waals surface area (Å²) in [5.74, 6) is -0.136. The van der Waals surface area contributed by atoms with Gasteiger partial charge in [-0.2, -0.15) is 0 Å². The highest BCUT2D eigenvalue weighted by Gasteiger charge is 2.34. The van der Waals surface area contributed by atoms with Crippen molar-refractivity contribution in [2.75, 3.05) is 4.90 Å². The van der Waals surface area contributed by atoms with Gasteiger partial charge in [0.05, 0.1) is 10.6 Å². The number of thioether (sulfide) groups is 1. The number of thiocarbonyl (C=S) groups is 1. The number of hydrogen-bond donors (Lipinski definition) is 0. The molecular formula is C20H16ClNOS2. The van der Waals surface area contributed by atoms with Crippen LogP contribution in [0.3, 0.4) is 0 Å².